The molecule has 2 fully saturated rings. The topological polar surface area (TPSA) is 75.8 Å². The normalized spacial score (nSPS) is 40.7. The average Bonchev–Trinajstić information content (AvgIpc) is 2.94. The lowest BCUT2D eigenvalue weighted by molar-refractivity contribution is -0.317. The molecule has 1 aromatic carbocycles. The number of nitrogen functional groups attached to an aromatic ring is 1. The smallest absolute Gasteiger partial charge is 0.174 e. The summed E-state index contributed by atoms with van der Waals surface area (Å²) in [5, 5.41) is 11.6. The molecule has 24 heavy (non-hydrogen) atoms. The molecule has 1 saturated carbocycles. The number of Topliss-reactive ketones (excluding diaryl/α,β-unsaturated/α-hetero) is 1. The first-order valence-electron chi connectivity index (χ1n) is 8.71. The fraction of sp³-hybridized carbons (Fsp3) is 0.526. The number of carbonyl (C=O) groups excluding carboxylic acids is 1. The molecule has 5 atom stereocenters. The number of aliphatic hydroxyl groups is 1. The molecule has 0 aromatic heterocycles. The summed E-state index contributed by atoms with van der Waals surface area (Å²) in [4.78, 5) is 15.0. The van der Waals surface area contributed by atoms with Crippen LogP contribution < -0.4 is 10.5 Å². The summed E-state index contributed by atoms with van der Waals surface area (Å²) in [6.45, 7) is 6.45. The van der Waals surface area contributed by atoms with Crippen LogP contribution in [0.3, 0.4) is 0 Å². The fourth-order valence-electron chi connectivity index (χ4n) is 5.87. The summed E-state index contributed by atoms with van der Waals surface area (Å²) >= 11 is 0. The Hall–Kier alpha value is -1.85. The quantitative estimate of drug-likeness (QED) is 0.642. The van der Waals surface area contributed by atoms with Crippen LogP contribution in [0.15, 0.2) is 24.8 Å². The molecule has 5 heteroatoms. The molecule has 2 aliphatic heterocycles. The van der Waals surface area contributed by atoms with Gasteiger partial charge < -0.3 is 15.6 Å². The van der Waals surface area contributed by atoms with Gasteiger partial charge in [0, 0.05) is 30.6 Å². The molecule has 1 aromatic rings. The second-order valence-electron chi connectivity index (χ2n) is 7.56. The zero-order chi connectivity index (χ0) is 16.9. The molecule has 2 aliphatic carbocycles. The number of rotatable bonds is 4. The van der Waals surface area contributed by atoms with Gasteiger partial charge in [-0.25, -0.2) is 0 Å². The Bertz CT molecular complexity index is 791. The number of likely N-dealkylation sites (tertiary alicyclic amines) is 1. The van der Waals surface area contributed by atoms with Crippen LogP contribution in [0.5, 0.6) is 5.75 Å². The molecule has 1 saturated heterocycles. The van der Waals surface area contributed by atoms with E-state index in [1.807, 2.05) is 25.1 Å². The van der Waals surface area contributed by atoms with Crippen LogP contribution in [0.25, 0.3) is 0 Å². The Balaban J connectivity index is 1.72. The minimum absolute atomic E-state index is 0.0204. The van der Waals surface area contributed by atoms with Gasteiger partial charge in [0.05, 0.1) is 11.1 Å². The number of benzene rings is 1. The molecule has 0 amide bonds. The number of ketones is 1. The van der Waals surface area contributed by atoms with E-state index in [0.29, 0.717) is 17.9 Å². The van der Waals surface area contributed by atoms with E-state index in [2.05, 4.69) is 11.5 Å². The van der Waals surface area contributed by atoms with Crippen molar-refractivity contribution >= 4 is 11.5 Å². The fourth-order valence-corrected chi connectivity index (χ4v) is 5.87. The first kappa shape index (κ1) is 14.5. The van der Waals surface area contributed by atoms with E-state index < -0.39 is 17.1 Å². The third kappa shape index (κ3) is 1.21. The highest BCUT2D eigenvalue weighted by Crippen LogP contribution is 2.72. The van der Waals surface area contributed by atoms with Gasteiger partial charge >= 0.3 is 0 Å². The Morgan fingerprint density at radius 1 is 1.54 bits per heavy atom. The Labute approximate surface area is 141 Å². The van der Waals surface area contributed by atoms with Crippen LogP contribution in [0, 0.1) is 0 Å². The van der Waals surface area contributed by atoms with E-state index in [0.717, 1.165) is 30.5 Å². The van der Waals surface area contributed by atoms with Gasteiger partial charge in [-0.1, -0.05) is 19.1 Å². The third-order valence-corrected chi connectivity index (χ3v) is 6.84. The van der Waals surface area contributed by atoms with Crippen molar-refractivity contribution in [2.75, 3.05) is 12.3 Å². The lowest BCUT2D eigenvalue weighted by Crippen LogP contribution is -2.94. The van der Waals surface area contributed by atoms with E-state index in [-0.39, 0.29) is 17.9 Å². The number of anilines is 1. The highest BCUT2D eigenvalue weighted by Gasteiger charge is 2.84. The highest BCUT2D eigenvalue weighted by atomic mass is 16.5. The number of carbonyl (C=O) groups is 1. The molecule has 0 unspecified atom stereocenters. The maximum Gasteiger partial charge on any atom is 0.174 e. The van der Waals surface area contributed by atoms with Crippen molar-refractivity contribution in [1.82, 2.24) is 4.90 Å². The number of piperidine rings is 1. The van der Waals surface area contributed by atoms with E-state index in [1.165, 1.54) is 0 Å². The van der Waals surface area contributed by atoms with Gasteiger partial charge in [0.25, 0.3) is 0 Å². The summed E-state index contributed by atoms with van der Waals surface area (Å²) in [6, 6.07) is 4.00. The van der Waals surface area contributed by atoms with Crippen molar-refractivity contribution in [2.45, 2.75) is 55.4 Å². The van der Waals surface area contributed by atoms with E-state index in [4.69, 9.17) is 10.5 Å². The van der Waals surface area contributed by atoms with Crippen molar-refractivity contribution in [3.63, 3.8) is 0 Å². The minimum atomic E-state index is -0.891. The van der Waals surface area contributed by atoms with Gasteiger partial charge in [-0.2, -0.15) is 0 Å². The number of ether oxygens (including phenoxy) is 1. The Morgan fingerprint density at radius 2 is 2.33 bits per heavy atom. The van der Waals surface area contributed by atoms with Gasteiger partial charge in [-0.15, -0.1) is 6.58 Å². The zero-order valence-corrected chi connectivity index (χ0v) is 13.8. The van der Waals surface area contributed by atoms with Crippen LogP contribution in [-0.2, 0) is 16.6 Å². The third-order valence-electron chi connectivity index (χ3n) is 6.84. The molecule has 2 heterocycles. The van der Waals surface area contributed by atoms with E-state index in [1.54, 1.807) is 0 Å². The van der Waals surface area contributed by atoms with Gasteiger partial charge in [-0.05, 0) is 24.5 Å². The van der Waals surface area contributed by atoms with Crippen molar-refractivity contribution in [3.05, 3.63) is 35.9 Å². The largest absolute Gasteiger partial charge is 0.479 e. The average molecular weight is 326 g/mol. The standard InChI is InChI=1S/C19H22N2O3/c1-3-7-21-13-8-10-5-6-11(20)16-15(10)18(9-14(21)19(13,18)23)17(24-16)12(22)4-2/h3,5-6,13-14,17,23H,1,4,7-9,20H2,2H3/t13-,14+,17+,18+,19+/m1/s1. The summed E-state index contributed by atoms with van der Waals surface area (Å²) in [7, 11) is 0. The first-order valence-corrected chi connectivity index (χ1v) is 8.71. The number of nitrogens with two attached hydrogens (primary N) is 1. The molecule has 126 valence electrons. The molecule has 0 bridgehead atoms. The highest BCUT2D eigenvalue weighted by molar-refractivity contribution is 5.89. The number of hydrogen-bond acceptors (Lipinski definition) is 5. The van der Waals surface area contributed by atoms with Crippen LogP contribution in [0.1, 0.15) is 30.9 Å². The first-order chi connectivity index (χ1) is 11.5. The molecular weight excluding hydrogens is 304 g/mol. The predicted octanol–water partition coefficient (Wildman–Crippen LogP) is 1.18. The Kier molecular flexibility index (Phi) is 2.54. The minimum Gasteiger partial charge on any atom is -0.479 e. The second-order valence-corrected chi connectivity index (χ2v) is 7.56. The van der Waals surface area contributed by atoms with Crippen molar-refractivity contribution < 1.29 is 14.6 Å². The van der Waals surface area contributed by atoms with Crippen molar-refractivity contribution in [1.29, 1.82) is 0 Å². The summed E-state index contributed by atoms with van der Waals surface area (Å²) in [5.41, 5.74) is 7.35. The zero-order valence-electron chi connectivity index (χ0n) is 13.8. The lowest BCUT2D eigenvalue weighted by atomic mass is 9.38. The molecule has 4 aliphatic rings. The van der Waals surface area contributed by atoms with E-state index >= 15 is 0 Å². The summed E-state index contributed by atoms with van der Waals surface area (Å²) < 4.78 is 6.10. The number of hydrogen-bond donors (Lipinski definition) is 2. The monoisotopic (exact) mass is 326 g/mol. The molecule has 5 nitrogen and oxygen atoms in total. The van der Waals surface area contributed by atoms with Crippen molar-refractivity contribution in [3.8, 4) is 5.75 Å². The maximum atomic E-state index is 12.6. The van der Waals surface area contributed by atoms with Crippen LogP contribution in [0.2, 0.25) is 0 Å². The molecule has 1 spiro atoms. The molecule has 5 rings (SSSR count). The second kappa shape index (κ2) is 4.21. The summed E-state index contributed by atoms with van der Waals surface area (Å²) in [6.07, 6.45) is 3.18. The van der Waals surface area contributed by atoms with Crippen LogP contribution in [0.4, 0.5) is 5.69 Å². The lowest BCUT2D eigenvalue weighted by Gasteiger charge is -2.77. The molecule has 3 N–H and O–H groups in total. The van der Waals surface area contributed by atoms with E-state index in [9.17, 15) is 9.90 Å². The molecular formula is C19H22N2O3. The molecule has 0 radical (unpaired) electrons. The summed E-state index contributed by atoms with van der Waals surface area (Å²) in [5.74, 6) is 0.679. The number of nitrogens with zero attached hydrogens (tertiary/aromatic N) is 1. The SMILES string of the molecule is C=CCN1[C@H]2C[C@]34c5c(ccc(N)c5O[C@H]3C(=O)CC)C[C@@H]1[C@]24O. The van der Waals surface area contributed by atoms with Crippen LogP contribution in [-0.4, -0.2) is 46.1 Å². The van der Waals surface area contributed by atoms with Gasteiger partial charge in [0.1, 0.15) is 11.4 Å². The Morgan fingerprint density at radius 3 is 3.04 bits per heavy atom. The van der Waals surface area contributed by atoms with Crippen molar-refractivity contribution in [2.24, 2.45) is 0 Å². The van der Waals surface area contributed by atoms with Gasteiger partial charge in [0.2, 0.25) is 0 Å². The van der Waals surface area contributed by atoms with Gasteiger partial charge in [0.15, 0.2) is 11.9 Å². The predicted molar refractivity (Wildman–Crippen MR) is 90.0 cm³/mol. The van der Waals surface area contributed by atoms with Crippen LogP contribution >= 0.6 is 0 Å². The van der Waals surface area contributed by atoms with Gasteiger partial charge in [-0.3, -0.25) is 9.69 Å². The maximum absolute atomic E-state index is 12.6.